The molecule has 0 atom stereocenters. The molecule has 0 aliphatic rings. The first kappa shape index (κ1) is 19.4. The van der Waals surface area contributed by atoms with Crippen molar-refractivity contribution in [1.29, 1.82) is 0 Å². The first-order valence-electron chi connectivity index (χ1n) is 7.75. The lowest BCUT2D eigenvalue weighted by atomic mass is 10.1. The number of aromatic nitrogens is 1. The molecule has 1 N–H and O–H groups in total. The van der Waals surface area contributed by atoms with Gasteiger partial charge in [-0.25, -0.2) is 14.6 Å². The van der Waals surface area contributed by atoms with Crippen LogP contribution in [-0.4, -0.2) is 29.3 Å². The Morgan fingerprint density at radius 3 is 2.48 bits per heavy atom. The molecular weight excluding hydrogens is 316 g/mol. The van der Waals surface area contributed by atoms with Crippen LogP contribution in [0.4, 0.5) is 4.79 Å². The molecule has 7 heteroatoms. The van der Waals surface area contributed by atoms with Gasteiger partial charge in [0.05, 0.1) is 13.2 Å². The summed E-state index contributed by atoms with van der Waals surface area (Å²) in [5, 5.41) is 3.32. The van der Waals surface area contributed by atoms with Gasteiger partial charge in [0.25, 0.3) is 0 Å². The molecule has 1 aromatic heterocycles. The standard InChI is InChI=1S/C16H26N2O4S/c1-7-21-14(19)13-11(8-10(2)3)23-12(18-13)9-17-15(20)22-16(4,5)6/h10H,7-9H2,1-6H3,(H,17,20). The summed E-state index contributed by atoms with van der Waals surface area (Å²) < 4.78 is 10.2. The summed E-state index contributed by atoms with van der Waals surface area (Å²) >= 11 is 1.42. The van der Waals surface area contributed by atoms with E-state index in [0.717, 1.165) is 11.3 Å². The van der Waals surface area contributed by atoms with Gasteiger partial charge in [-0.3, -0.25) is 0 Å². The Labute approximate surface area is 141 Å². The summed E-state index contributed by atoms with van der Waals surface area (Å²) in [6.45, 7) is 11.9. The van der Waals surface area contributed by atoms with Gasteiger partial charge in [-0.15, -0.1) is 11.3 Å². The Kier molecular flexibility index (Phi) is 7.00. The Bertz CT molecular complexity index is 547. The molecule has 0 saturated heterocycles. The number of thiazole rings is 1. The maximum atomic E-state index is 12.0. The topological polar surface area (TPSA) is 77.5 Å². The van der Waals surface area contributed by atoms with Crippen LogP contribution in [0.3, 0.4) is 0 Å². The molecular formula is C16H26N2O4S. The molecule has 0 saturated carbocycles. The Morgan fingerprint density at radius 1 is 1.30 bits per heavy atom. The number of carbonyl (C=O) groups excluding carboxylic acids is 2. The summed E-state index contributed by atoms with van der Waals surface area (Å²) in [5.74, 6) is -0.0155. The fourth-order valence-electron chi connectivity index (χ4n) is 1.81. The smallest absolute Gasteiger partial charge is 0.408 e. The van der Waals surface area contributed by atoms with Crippen molar-refractivity contribution in [2.75, 3.05) is 6.61 Å². The largest absolute Gasteiger partial charge is 0.461 e. The van der Waals surface area contributed by atoms with Crippen LogP contribution in [0.2, 0.25) is 0 Å². The second-order valence-corrected chi connectivity index (χ2v) is 7.72. The number of ether oxygens (including phenoxy) is 2. The second-order valence-electron chi connectivity index (χ2n) is 6.55. The van der Waals surface area contributed by atoms with Gasteiger partial charge < -0.3 is 14.8 Å². The molecule has 0 aliphatic heterocycles. The first-order valence-corrected chi connectivity index (χ1v) is 8.56. The number of nitrogens with zero attached hydrogens (tertiary/aromatic N) is 1. The molecule has 0 fully saturated rings. The summed E-state index contributed by atoms with van der Waals surface area (Å²) in [6, 6.07) is 0. The summed E-state index contributed by atoms with van der Waals surface area (Å²) in [4.78, 5) is 28.9. The van der Waals surface area contributed by atoms with Crippen molar-refractivity contribution in [2.24, 2.45) is 5.92 Å². The normalized spacial score (nSPS) is 11.4. The molecule has 6 nitrogen and oxygen atoms in total. The molecule has 1 heterocycles. The van der Waals surface area contributed by atoms with Crippen LogP contribution >= 0.6 is 11.3 Å². The van der Waals surface area contributed by atoms with Crippen molar-refractivity contribution >= 4 is 23.4 Å². The Hall–Kier alpha value is -1.63. The molecule has 1 rings (SSSR count). The predicted molar refractivity (Wildman–Crippen MR) is 89.7 cm³/mol. The summed E-state index contributed by atoms with van der Waals surface area (Å²) in [6.07, 6.45) is 0.244. The van der Waals surface area contributed by atoms with Gasteiger partial charge >= 0.3 is 12.1 Å². The zero-order valence-electron chi connectivity index (χ0n) is 14.7. The fourth-order valence-corrected chi connectivity index (χ4v) is 3.01. The molecule has 23 heavy (non-hydrogen) atoms. The van der Waals surface area contributed by atoms with Gasteiger partial charge in [-0.1, -0.05) is 13.8 Å². The highest BCUT2D eigenvalue weighted by molar-refractivity contribution is 7.11. The molecule has 0 spiro atoms. The lowest BCUT2D eigenvalue weighted by Gasteiger charge is -2.19. The molecule has 1 amide bonds. The maximum Gasteiger partial charge on any atom is 0.408 e. The zero-order chi connectivity index (χ0) is 17.6. The van der Waals surface area contributed by atoms with Crippen LogP contribution in [0.1, 0.15) is 61.9 Å². The van der Waals surface area contributed by atoms with Crippen LogP contribution in [0.5, 0.6) is 0 Å². The minimum absolute atomic E-state index is 0.226. The van der Waals surface area contributed by atoms with Gasteiger partial charge in [0.2, 0.25) is 0 Å². The third-order valence-corrected chi connectivity index (χ3v) is 3.66. The van der Waals surface area contributed by atoms with Gasteiger partial charge in [0.1, 0.15) is 10.6 Å². The van der Waals surface area contributed by atoms with E-state index in [1.54, 1.807) is 27.7 Å². The zero-order valence-corrected chi connectivity index (χ0v) is 15.5. The summed E-state index contributed by atoms with van der Waals surface area (Å²) in [5.41, 5.74) is -0.196. The number of alkyl carbamates (subject to hydrolysis) is 1. The SMILES string of the molecule is CCOC(=O)c1nc(CNC(=O)OC(C)(C)C)sc1CC(C)C. The van der Waals surface area contributed by atoms with Gasteiger partial charge in [0.15, 0.2) is 5.69 Å². The van der Waals surface area contributed by atoms with Crippen LogP contribution in [-0.2, 0) is 22.4 Å². The van der Waals surface area contributed by atoms with Crippen LogP contribution in [0.25, 0.3) is 0 Å². The third kappa shape index (κ3) is 6.99. The molecule has 0 bridgehead atoms. The van der Waals surface area contributed by atoms with Crippen molar-refractivity contribution in [1.82, 2.24) is 10.3 Å². The maximum absolute atomic E-state index is 12.0. The van der Waals surface area contributed by atoms with Gasteiger partial charge in [0, 0.05) is 4.88 Å². The molecule has 0 unspecified atom stereocenters. The lowest BCUT2D eigenvalue weighted by Crippen LogP contribution is -2.32. The summed E-state index contributed by atoms with van der Waals surface area (Å²) in [7, 11) is 0. The average molecular weight is 342 g/mol. The highest BCUT2D eigenvalue weighted by Crippen LogP contribution is 2.23. The van der Waals surface area contributed by atoms with Crippen molar-refractivity contribution in [2.45, 2.75) is 60.1 Å². The van der Waals surface area contributed by atoms with Crippen molar-refractivity contribution in [3.63, 3.8) is 0 Å². The van der Waals surface area contributed by atoms with E-state index in [1.807, 2.05) is 0 Å². The fraction of sp³-hybridized carbons (Fsp3) is 0.688. The molecule has 0 aliphatic carbocycles. The monoisotopic (exact) mass is 342 g/mol. The number of esters is 1. The Balaban J connectivity index is 2.79. The molecule has 130 valence electrons. The highest BCUT2D eigenvalue weighted by Gasteiger charge is 2.21. The number of nitrogens with one attached hydrogen (secondary N) is 1. The minimum Gasteiger partial charge on any atom is -0.461 e. The van der Waals surface area contributed by atoms with E-state index in [2.05, 4.69) is 24.1 Å². The van der Waals surface area contributed by atoms with Crippen LogP contribution in [0.15, 0.2) is 0 Å². The minimum atomic E-state index is -0.550. The third-order valence-electron chi connectivity index (χ3n) is 2.59. The van der Waals surface area contributed by atoms with Crippen LogP contribution in [0, 0.1) is 5.92 Å². The van der Waals surface area contributed by atoms with E-state index in [9.17, 15) is 9.59 Å². The quantitative estimate of drug-likeness (QED) is 0.800. The van der Waals surface area contributed by atoms with Gasteiger partial charge in [-0.05, 0) is 40.0 Å². The number of rotatable bonds is 6. The highest BCUT2D eigenvalue weighted by atomic mass is 32.1. The number of hydrogen-bond acceptors (Lipinski definition) is 6. The average Bonchev–Trinajstić information content (AvgIpc) is 2.77. The molecule has 0 aromatic carbocycles. The number of carbonyl (C=O) groups is 2. The number of amides is 1. The van der Waals surface area contributed by atoms with Crippen molar-refractivity contribution < 1.29 is 19.1 Å². The molecule has 0 radical (unpaired) electrons. The van der Waals surface area contributed by atoms with E-state index >= 15 is 0 Å². The van der Waals surface area contributed by atoms with E-state index < -0.39 is 17.7 Å². The van der Waals surface area contributed by atoms with Crippen LogP contribution < -0.4 is 5.32 Å². The van der Waals surface area contributed by atoms with Crippen molar-refractivity contribution in [3.8, 4) is 0 Å². The lowest BCUT2D eigenvalue weighted by molar-refractivity contribution is 0.0514. The predicted octanol–water partition coefficient (Wildman–Crippen LogP) is 3.54. The first-order chi connectivity index (χ1) is 10.6. The van der Waals surface area contributed by atoms with E-state index in [0.29, 0.717) is 23.2 Å². The van der Waals surface area contributed by atoms with Crippen molar-refractivity contribution in [3.05, 3.63) is 15.6 Å². The van der Waals surface area contributed by atoms with E-state index in [1.165, 1.54) is 11.3 Å². The van der Waals surface area contributed by atoms with E-state index in [-0.39, 0.29) is 6.54 Å². The Morgan fingerprint density at radius 2 is 1.96 bits per heavy atom. The molecule has 1 aromatic rings. The second kappa shape index (κ2) is 8.29. The van der Waals surface area contributed by atoms with E-state index in [4.69, 9.17) is 9.47 Å². The number of hydrogen-bond donors (Lipinski definition) is 1. The van der Waals surface area contributed by atoms with Gasteiger partial charge in [-0.2, -0.15) is 0 Å².